The molecule has 0 spiro atoms. The Hall–Kier alpha value is -1.55. The summed E-state index contributed by atoms with van der Waals surface area (Å²) in [5.74, 6) is 1.17. The van der Waals surface area contributed by atoms with Crippen LogP contribution in [-0.2, 0) is 4.79 Å². The van der Waals surface area contributed by atoms with E-state index in [1.165, 1.54) is 0 Å². The van der Waals surface area contributed by atoms with Gasteiger partial charge in [-0.1, -0.05) is 26.0 Å². The van der Waals surface area contributed by atoms with E-state index in [1.54, 1.807) is 0 Å². The molecule has 0 aliphatic carbocycles. The van der Waals surface area contributed by atoms with Gasteiger partial charge in [-0.3, -0.25) is 4.79 Å². The van der Waals surface area contributed by atoms with E-state index in [4.69, 9.17) is 10.5 Å². The molecule has 1 aromatic rings. The van der Waals surface area contributed by atoms with Crippen molar-refractivity contribution in [1.82, 2.24) is 5.32 Å². The predicted octanol–water partition coefficient (Wildman–Crippen LogP) is 2.25. The number of carbonyl (C=O) groups is 1. The van der Waals surface area contributed by atoms with E-state index in [2.05, 4.69) is 19.2 Å². The van der Waals surface area contributed by atoms with Gasteiger partial charge in [0.25, 0.3) is 5.91 Å². The van der Waals surface area contributed by atoms with Crippen LogP contribution in [0, 0.1) is 5.92 Å². The smallest absolute Gasteiger partial charge is 0.257 e. The molecule has 19 heavy (non-hydrogen) atoms. The highest BCUT2D eigenvalue weighted by molar-refractivity contribution is 5.77. The first-order valence-electron chi connectivity index (χ1n) is 6.74. The maximum atomic E-state index is 11.6. The van der Waals surface area contributed by atoms with Gasteiger partial charge in [0.15, 0.2) is 6.61 Å². The van der Waals surface area contributed by atoms with Crippen molar-refractivity contribution in [2.24, 2.45) is 11.7 Å². The van der Waals surface area contributed by atoms with Crippen LogP contribution in [0.15, 0.2) is 24.3 Å². The quantitative estimate of drug-likeness (QED) is 0.794. The Morgan fingerprint density at radius 3 is 2.74 bits per heavy atom. The molecule has 0 unspecified atom stereocenters. The van der Waals surface area contributed by atoms with E-state index in [9.17, 15) is 4.79 Å². The minimum atomic E-state index is -0.0909. The molecule has 1 rings (SSSR count). The van der Waals surface area contributed by atoms with Gasteiger partial charge < -0.3 is 15.8 Å². The summed E-state index contributed by atoms with van der Waals surface area (Å²) in [7, 11) is 0. The van der Waals surface area contributed by atoms with Gasteiger partial charge in [-0.05, 0) is 37.0 Å². The zero-order chi connectivity index (χ0) is 14.3. The van der Waals surface area contributed by atoms with Crippen LogP contribution in [0.25, 0.3) is 0 Å². The molecule has 4 heteroatoms. The van der Waals surface area contributed by atoms with Crippen molar-refractivity contribution >= 4 is 5.91 Å². The van der Waals surface area contributed by atoms with Crippen LogP contribution in [0.3, 0.4) is 0 Å². The topological polar surface area (TPSA) is 64.3 Å². The van der Waals surface area contributed by atoms with Gasteiger partial charge in [-0.25, -0.2) is 0 Å². The molecule has 0 heterocycles. The molecule has 0 saturated heterocycles. The average molecular weight is 264 g/mol. The number of nitrogens with one attached hydrogen (secondary N) is 1. The van der Waals surface area contributed by atoms with Crippen molar-refractivity contribution in [3.63, 3.8) is 0 Å². The van der Waals surface area contributed by atoms with E-state index in [-0.39, 0.29) is 18.6 Å². The standard InChI is InChI=1S/C15H24N2O2/c1-11(2)7-8-17-15(18)10-19-14-6-4-5-13(9-14)12(3)16/h4-6,9,11-12H,7-8,10,16H2,1-3H3,(H,17,18)/t12-/m0/s1. The van der Waals surface area contributed by atoms with Crippen LogP contribution in [0.2, 0.25) is 0 Å². The van der Waals surface area contributed by atoms with E-state index >= 15 is 0 Å². The summed E-state index contributed by atoms with van der Waals surface area (Å²) in [6.07, 6.45) is 0.978. The number of amides is 1. The number of carbonyl (C=O) groups excluding carboxylic acids is 1. The number of benzene rings is 1. The second kappa shape index (κ2) is 7.79. The molecule has 4 nitrogen and oxygen atoms in total. The van der Waals surface area contributed by atoms with Crippen molar-refractivity contribution < 1.29 is 9.53 Å². The van der Waals surface area contributed by atoms with Crippen molar-refractivity contribution in [2.45, 2.75) is 33.2 Å². The van der Waals surface area contributed by atoms with Crippen LogP contribution >= 0.6 is 0 Å². The summed E-state index contributed by atoms with van der Waals surface area (Å²) >= 11 is 0. The fourth-order valence-corrected chi connectivity index (χ4v) is 1.59. The first-order valence-corrected chi connectivity index (χ1v) is 6.74. The van der Waals surface area contributed by atoms with Crippen molar-refractivity contribution in [1.29, 1.82) is 0 Å². The van der Waals surface area contributed by atoms with Gasteiger partial charge in [0.2, 0.25) is 0 Å². The zero-order valence-corrected chi connectivity index (χ0v) is 12.0. The first kappa shape index (κ1) is 15.5. The first-order chi connectivity index (χ1) is 8.99. The Labute approximate surface area is 115 Å². The SMILES string of the molecule is CC(C)CCNC(=O)COc1cccc([C@H](C)N)c1. The number of hydrogen-bond acceptors (Lipinski definition) is 3. The van der Waals surface area contributed by atoms with Crippen molar-refractivity contribution in [3.8, 4) is 5.75 Å². The molecule has 0 aromatic heterocycles. The lowest BCUT2D eigenvalue weighted by Gasteiger charge is -2.10. The molecule has 0 fully saturated rings. The van der Waals surface area contributed by atoms with Gasteiger partial charge in [0, 0.05) is 12.6 Å². The van der Waals surface area contributed by atoms with Gasteiger partial charge in [0.1, 0.15) is 5.75 Å². The molecule has 0 aliphatic heterocycles. The monoisotopic (exact) mass is 264 g/mol. The summed E-state index contributed by atoms with van der Waals surface area (Å²) < 4.78 is 5.45. The lowest BCUT2D eigenvalue weighted by atomic mass is 10.1. The highest BCUT2D eigenvalue weighted by Gasteiger charge is 2.05. The van der Waals surface area contributed by atoms with Crippen LogP contribution in [0.4, 0.5) is 0 Å². The van der Waals surface area contributed by atoms with Crippen molar-refractivity contribution in [3.05, 3.63) is 29.8 Å². The molecule has 1 atom stereocenters. The van der Waals surface area contributed by atoms with Crippen molar-refractivity contribution in [2.75, 3.05) is 13.2 Å². The van der Waals surface area contributed by atoms with E-state index in [0.29, 0.717) is 18.2 Å². The lowest BCUT2D eigenvalue weighted by molar-refractivity contribution is -0.123. The zero-order valence-electron chi connectivity index (χ0n) is 12.0. The summed E-state index contributed by atoms with van der Waals surface area (Å²) in [4.78, 5) is 11.6. The van der Waals surface area contributed by atoms with Crippen LogP contribution < -0.4 is 15.8 Å². The third-order valence-electron chi connectivity index (χ3n) is 2.80. The summed E-state index contributed by atoms with van der Waals surface area (Å²) in [5, 5.41) is 2.83. The van der Waals surface area contributed by atoms with Gasteiger partial charge >= 0.3 is 0 Å². The van der Waals surface area contributed by atoms with Crippen LogP contribution in [0.5, 0.6) is 5.75 Å². The molecule has 1 amide bonds. The Morgan fingerprint density at radius 2 is 2.11 bits per heavy atom. The van der Waals surface area contributed by atoms with E-state index in [0.717, 1.165) is 12.0 Å². The third-order valence-corrected chi connectivity index (χ3v) is 2.80. The van der Waals surface area contributed by atoms with Crippen LogP contribution in [-0.4, -0.2) is 19.1 Å². The predicted molar refractivity (Wildman–Crippen MR) is 77.0 cm³/mol. The summed E-state index contributed by atoms with van der Waals surface area (Å²) in [5.41, 5.74) is 6.80. The lowest BCUT2D eigenvalue weighted by Crippen LogP contribution is -2.30. The molecule has 106 valence electrons. The van der Waals surface area contributed by atoms with E-state index in [1.807, 2.05) is 31.2 Å². The average Bonchev–Trinajstić information content (AvgIpc) is 2.36. The maximum absolute atomic E-state index is 11.6. The molecule has 3 N–H and O–H groups in total. The molecule has 0 aliphatic rings. The maximum Gasteiger partial charge on any atom is 0.257 e. The van der Waals surface area contributed by atoms with Gasteiger partial charge in [0.05, 0.1) is 0 Å². The normalized spacial score (nSPS) is 12.3. The molecule has 0 saturated carbocycles. The highest BCUT2D eigenvalue weighted by atomic mass is 16.5. The second-order valence-electron chi connectivity index (χ2n) is 5.18. The number of hydrogen-bond donors (Lipinski definition) is 2. The molecule has 0 radical (unpaired) electrons. The fourth-order valence-electron chi connectivity index (χ4n) is 1.59. The minimum Gasteiger partial charge on any atom is -0.484 e. The van der Waals surface area contributed by atoms with E-state index < -0.39 is 0 Å². The molecular weight excluding hydrogens is 240 g/mol. The minimum absolute atomic E-state index is 0.0385. The number of ether oxygens (including phenoxy) is 1. The molecule has 0 bridgehead atoms. The summed E-state index contributed by atoms with van der Waals surface area (Å²) in [6, 6.07) is 7.48. The molecule has 1 aromatic carbocycles. The van der Waals surface area contributed by atoms with Gasteiger partial charge in [-0.2, -0.15) is 0 Å². The Kier molecular flexibility index (Phi) is 6.36. The Morgan fingerprint density at radius 1 is 1.37 bits per heavy atom. The molecular formula is C15H24N2O2. The van der Waals surface area contributed by atoms with Crippen LogP contribution in [0.1, 0.15) is 38.8 Å². The largest absolute Gasteiger partial charge is 0.484 e. The fraction of sp³-hybridized carbons (Fsp3) is 0.533. The highest BCUT2D eigenvalue weighted by Crippen LogP contribution is 2.17. The number of rotatable bonds is 7. The third kappa shape index (κ3) is 6.25. The Balaban J connectivity index is 2.35. The summed E-state index contributed by atoms with van der Waals surface area (Å²) in [6.45, 7) is 6.91. The second-order valence-corrected chi connectivity index (χ2v) is 5.18. The number of nitrogens with two attached hydrogens (primary N) is 1. The Bertz CT molecular complexity index is 403. The van der Waals surface area contributed by atoms with Gasteiger partial charge in [-0.15, -0.1) is 0 Å².